The molecule has 1 aromatic carbocycles. The van der Waals surface area contributed by atoms with E-state index in [9.17, 15) is 4.39 Å². The summed E-state index contributed by atoms with van der Waals surface area (Å²) < 4.78 is 25.2. The Morgan fingerprint density at radius 1 is 1.27 bits per heavy atom. The number of rotatable bonds is 3. The monoisotopic (exact) mass is 303 g/mol. The van der Waals surface area contributed by atoms with Crippen LogP contribution in [0.5, 0.6) is 0 Å². The molecule has 3 nitrogen and oxygen atoms in total. The minimum Gasteiger partial charge on any atom is -0.405 e. The third kappa shape index (κ3) is 2.22. The molecule has 5 heteroatoms. The summed E-state index contributed by atoms with van der Waals surface area (Å²) in [5.41, 5.74) is 7.68. The molecule has 1 aliphatic heterocycles. The fourth-order valence-corrected chi connectivity index (χ4v) is 4.55. The van der Waals surface area contributed by atoms with Gasteiger partial charge in [-0.3, -0.25) is 0 Å². The van der Waals surface area contributed by atoms with Gasteiger partial charge in [0.05, 0.1) is 12.2 Å². The third-order valence-electron chi connectivity index (χ3n) is 6.16. The van der Waals surface area contributed by atoms with Crippen molar-refractivity contribution in [2.75, 3.05) is 0 Å². The van der Waals surface area contributed by atoms with Gasteiger partial charge in [0.25, 0.3) is 0 Å². The van der Waals surface area contributed by atoms with E-state index in [-0.39, 0.29) is 31.1 Å². The van der Waals surface area contributed by atoms with Crippen LogP contribution in [0, 0.1) is 23.1 Å². The molecular formula is C17H23BFNO2. The smallest absolute Gasteiger partial charge is 0.405 e. The topological polar surface area (TPSA) is 44.5 Å². The predicted octanol–water partition coefficient (Wildman–Crippen LogP) is 2.57. The molecule has 0 amide bonds. The molecule has 1 heterocycles. The summed E-state index contributed by atoms with van der Waals surface area (Å²) in [5.74, 6) is 0.920. The van der Waals surface area contributed by atoms with Gasteiger partial charge in [0.2, 0.25) is 0 Å². The number of hydrogen-bond donors (Lipinski definition) is 1. The van der Waals surface area contributed by atoms with Crippen molar-refractivity contribution in [1.82, 2.24) is 0 Å². The van der Waals surface area contributed by atoms with Crippen LogP contribution in [0.1, 0.15) is 32.3 Å². The molecule has 22 heavy (non-hydrogen) atoms. The highest BCUT2D eigenvalue weighted by atomic mass is 19.1. The lowest BCUT2D eigenvalue weighted by Gasteiger charge is -2.60. The van der Waals surface area contributed by atoms with E-state index in [4.69, 9.17) is 15.0 Å². The first kappa shape index (κ1) is 14.7. The minimum atomic E-state index is -0.338. The molecular weight excluding hydrogens is 280 g/mol. The lowest BCUT2D eigenvalue weighted by molar-refractivity contribution is -0.150. The fourth-order valence-electron chi connectivity index (χ4n) is 4.55. The Labute approximate surface area is 131 Å². The first-order chi connectivity index (χ1) is 10.4. The molecule has 1 saturated heterocycles. The summed E-state index contributed by atoms with van der Waals surface area (Å²) in [6.45, 7) is 4.69. The second-order valence-corrected chi connectivity index (χ2v) is 7.73. The van der Waals surface area contributed by atoms with Gasteiger partial charge in [-0.15, -0.1) is 0 Å². The SMILES string of the molecule is CC1(C)C2CC3OB(C(N)Cc4ccc(F)cc4)OC3C1C2. The molecule has 1 aromatic rings. The van der Waals surface area contributed by atoms with Gasteiger partial charge in [-0.1, -0.05) is 26.0 Å². The summed E-state index contributed by atoms with van der Waals surface area (Å²) in [4.78, 5) is 0. The van der Waals surface area contributed by atoms with E-state index >= 15 is 0 Å². The number of benzene rings is 1. The Balaban J connectivity index is 1.41. The zero-order valence-corrected chi connectivity index (χ0v) is 13.2. The highest BCUT2D eigenvalue weighted by Gasteiger charge is 2.62. The first-order valence-corrected chi connectivity index (χ1v) is 8.26. The van der Waals surface area contributed by atoms with Crippen LogP contribution < -0.4 is 5.73 Å². The van der Waals surface area contributed by atoms with Gasteiger partial charge in [-0.25, -0.2) is 4.39 Å². The van der Waals surface area contributed by atoms with Gasteiger partial charge in [-0.2, -0.15) is 0 Å². The van der Waals surface area contributed by atoms with E-state index < -0.39 is 0 Å². The largest absolute Gasteiger partial charge is 0.475 e. The van der Waals surface area contributed by atoms with Crippen molar-refractivity contribution in [3.63, 3.8) is 0 Å². The zero-order chi connectivity index (χ0) is 15.5. The van der Waals surface area contributed by atoms with Crippen molar-refractivity contribution in [3.8, 4) is 0 Å². The lowest BCUT2D eigenvalue weighted by Crippen LogP contribution is -2.59. The Hall–Kier alpha value is -0.905. The molecule has 4 aliphatic rings. The van der Waals surface area contributed by atoms with Crippen LogP contribution in [-0.2, 0) is 15.7 Å². The maximum Gasteiger partial charge on any atom is 0.475 e. The van der Waals surface area contributed by atoms with E-state index in [1.54, 1.807) is 12.1 Å². The molecule has 0 radical (unpaired) electrons. The highest BCUT2D eigenvalue weighted by molar-refractivity contribution is 6.47. The van der Waals surface area contributed by atoms with Crippen LogP contribution in [0.4, 0.5) is 4.39 Å². The molecule has 3 aliphatic carbocycles. The number of halogens is 1. The van der Waals surface area contributed by atoms with Crippen molar-refractivity contribution in [3.05, 3.63) is 35.6 Å². The second-order valence-electron chi connectivity index (χ2n) is 7.73. The first-order valence-electron chi connectivity index (χ1n) is 8.26. The quantitative estimate of drug-likeness (QED) is 0.873. The van der Waals surface area contributed by atoms with Gasteiger partial charge in [0.1, 0.15) is 5.82 Å². The van der Waals surface area contributed by atoms with Gasteiger partial charge >= 0.3 is 7.12 Å². The van der Waals surface area contributed by atoms with Crippen LogP contribution in [0.3, 0.4) is 0 Å². The molecule has 118 valence electrons. The summed E-state index contributed by atoms with van der Waals surface area (Å²) >= 11 is 0. The maximum absolute atomic E-state index is 13.0. The molecule has 5 unspecified atom stereocenters. The van der Waals surface area contributed by atoms with Crippen molar-refractivity contribution in [2.24, 2.45) is 23.0 Å². The van der Waals surface area contributed by atoms with Crippen molar-refractivity contribution in [2.45, 2.75) is 51.3 Å². The summed E-state index contributed by atoms with van der Waals surface area (Å²) in [6, 6.07) is 6.49. The molecule has 0 aromatic heterocycles. The predicted molar refractivity (Wildman–Crippen MR) is 83.6 cm³/mol. The summed E-state index contributed by atoms with van der Waals surface area (Å²) in [5, 5.41) is 0. The molecule has 5 atom stereocenters. The van der Waals surface area contributed by atoms with E-state index in [2.05, 4.69) is 13.8 Å². The number of nitrogens with two attached hydrogens (primary N) is 1. The van der Waals surface area contributed by atoms with Crippen LogP contribution in [-0.4, -0.2) is 25.3 Å². The van der Waals surface area contributed by atoms with Crippen LogP contribution in [0.25, 0.3) is 0 Å². The van der Waals surface area contributed by atoms with E-state index in [0.29, 0.717) is 17.8 Å². The second kappa shape index (κ2) is 5.05. The van der Waals surface area contributed by atoms with Crippen LogP contribution in [0.2, 0.25) is 0 Å². The highest BCUT2D eigenvalue weighted by Crippen LogP contribution is 2.61. The van der Waals surface area contributed by atoms with Gasteiger partial charge in [0.15, 0.2) is 0 Å². The normalized spacial score (nSPS) is 36.6. The van der Waals surface area contributed by atoms with Crippen LogP contribution >= 0.6 is 0 Å². The lowest BCUT2D eigenvalue weighted by atomic mass is 9.47. The average Bonchev–Trinajstić information content (AvgIpc) is 2.93. The Morgan fingerprint density at radius 3 is 2.68 bits per heavy atom. The Morgan fingerprint density at radius 2 is 2.00 bits per heavy atom. The fraction of sp³-hybridized carbons (Fsp3) is 0.647. The Kier molecular flexibility index (Phi) is 3.37. The summed E-state index contributed by atoms with van der Waals surface area (Å²) in [6.07, 6.45) is 3.40. The van der Waals surface area contributed by atoms with Gasteiger partial charge in [-0.05, 0) is 54.2 Å². The third-order valence-corrected chi connectivity index (χ3v) is 6.16. The van der Waals surface area contributed by atoms with Crippen molar-refractivity contribution < 1.29 is 13.7 Å². The average molecular weight is 303 g/mol. The van der Waals surface area contributed by atoms with Crippen LogP contribution in [0.15, 0.2) is 24.3 Å². The molecule has 3 saturated carbocycles. The maximum atomic E-state index is 13.0. The summed E-state index contributed by atoms with van der Waals surface area (Å²) in [7, 11) is -0.338. The van der Waals surface area contributed by atoms with E-state index in [1.807, 2.05) is 0 Å². The van der Waals surface area contributed by atoms with E-state index in [0.717, 1.165) is 17.9 Å². The molecule has 5 rings (SSSR count). The molecule has 0 spiro atoms. The molecule has 2 bridgehead atoms. The van der Waals surface area contributed by atoms with E-state index in [1.165, 1.54) is 18.6 Å². The van der Waals surface area contributed by atoms with Crippen molar-refractivity contribution in [1.29, 1.82) is 0 Å². The molecule has 4 fully saturated rings. The zero-order valence-electron chi connectivity index (χ0n) is 13.2. The van der Waals surface area contributed by atoms with Crippen molar-refractivity contribution >= 4 is 7.12 Å². The minimum absolute atomic E-state index is 0.198. The van der Waals surface area contributed by atoms with Gasteiger partial charge < -0.3 is 15.0 Å². The molecule has 2 N–H and O–H groups in total. The van der Waals surface area contributed by atoms with Gasteiger partial charge in [0, 0.05) is 5.94 Å². The number of hydrogen-bond acceptors (Lipinski definition) is 3. The standard InChI is InChI=1S/C17H23BFNO2/c1-17(2)11-8-13(17)16-14(9-11)21-18(22-16)15(20)7-10-3-5-12(19)6-4-10/h3-6,11,13-16H,7-9,20H2,1-2H3. The Bertz CT molecular complexity index is 564.